The Morgan fingerprint density at radius 2 is 1.98 bits per heavy atom. The highest BCUT2D eigenvalue weighted by molar-refractivity contribution is 6.07. The maximum atomic E-state index is 13.8. The fourth-order valence-electron chi connectivity index (χ4n) is 7.41. The number of pyridine rings is 1. The van der Waals surface area contributed by atoms with Crippen LogP contribution in [0.5, 0.6) is 0 Å². The Bertz CT molecular complexity index is 1660. The van der Waals surface area contributed by atoms with E-state index in [-0.39, 0.29) is 13.1 Å². The van der Waals surface area contributed by atoms with E-state index in [4.69, 9.17) is 5.84 Å². The molecule has 0 fully saturated rings. The van der Waals surface area contributed by atoms with Crippen LogP contribution in [-0.2, 0) is 17.9 Å². The van der Waals surface area contributed by atoms with Gasteiger partial charge in [-0.2, -0.15) is 0 Å². The van der Waals surface area contributed by atoms with Gasteiger partial charge in [0.25, 0.3) is 0 Å². The van der Waals surface area contributed by atoms with Gasteiger partial charge in [-0.1, -0.05) is 62.8 Å². The molecule has 3 aromatic rings. The van der Waals surface area contributed by atoms with Gasteiger partial charge >= 0.3 is 0 Å². The average molecular weight is 591 g/mol. The number of allylic oxidation sites excluding steroid dienone is 3. The number of hydrogen-bond acceptors (Lipinski definition) is 6. The Morgan fingerprint density at radius 1 is 1.18 bits per heavy atom. The number of aryl methyl sites for hydroxylation is 1. The molecule has 1 unspecified atom stereocenters. The smallest absolute Gasteiger partial charge is 0.165 e. The Hall–Kier alpha value is -3.74. The molecule has 3 atom stereocenters. The van der Waals surface area contributed by atoms with Crippen LogP contribution in [0.1, 0.15) is 86.3 Å². The number of hydrazine groups is 1. The van der Waals surface area contributed by atoms with Crippen molar-refractivity contribution in [2.45, 2.75) is 72.9 Å². The number of nitrogen functional groups attached to an aromatic ring is 1. The summed E-state index contributed by atoms with van der Waals surface area (Å²) in [5.74, 6) is 7.15. The first-order chi connectivity index (χ1) is 21.2. The SMILES string of the molecule is CCNc1ccc([C@@H](c2ccc(C)c(CN3Cc4cnccc4C4C=C4[C@H](CC)C3)c2)C(C)(C)C(=O)C2=C[CH]2)c(C)c1NN.[HH]. The van der Waals surface area contributed by atoms with E-state index in [1.807, 2.05) is 18.7 Å². The van der Waals surface area contributed by atoms with Gasteiger partial charge in [0, 0.05) is 69.2 Å². The molecule has 1 aromatic heterocycles. The fourth-order valence-corrected chi connectivity index (χ4v) is 7.41. The zero-order valence-electron chi connectivity index (χ0n) is 27.0. The number of Topliss-reactive ketones (excluding diaryl/α,β-unsaturated/α-hetero) is 1. The zero-order chi connectivity index (χ0) is 31.2. The molecular formula is C38H48N5O. The molecule has 231 valence electrons. The monoisotopic (exact) mass is 590 g/mol. The molecule has 2 aliphatic carbocycles. The third-order valence-corrected chi connectivity index (χ3v) is 10.1. The normalized spacial score (nSPS) is 19.9. The van der Waals surface area contributed by atoms with Gasteiger partial charge in [-0.05, 0) is 84.2 Å². The summed E-state index contributed by atoms with van der Waals surface area (Å²) in [5, 5.41) is 3.42. The van der Waals surface area contributed by atoms with Crippen molar-refractivity contribution in [3.8, 4) is 0 Å². The number of hydrogen-bond donors (Lipinski definition) is 3. The molecule has 0 spiro atoms. The summed E-state index contributed by atoms with van der Waals surface area (Å²) in [4.78, 5) is 20.9. The molecule has 3 aliphatic rings. The highest BCUT2D eigenvalue weighted by Crippen LogP contribution is 2.49. The number of rotatable bonds is 11. The van der Waals surface area contributed by atoms with Crippen LogP contribution in [0.3, 0.4) is 0 Å². The number of anilines is 2. The van der Waals surface area contributed by atoms with E-state index in [1.165, 1.54) is 22.3 Å². The summed E-state index contributed by atoms with van der Waals surface area (Å²) in [6.07, 6.45) is 11.4. The summed E-state index contributed by atoms with van der Waals surface area (Å²) >= 11 is 0. The van der Waals surface area contributed by atoms with E-state index >= 15 is 0 Å². The number of aromatic nitrogens is 1. The standard InChI is InChI=1S/C38H46N5O.H2/c1-7-25-20-43(22-29-19-40-16-15-31(29)33-18-32(25)33)21-28-17-27(10-9-23(28)3)35(38(5,6)37(44)26-11-12-26)30-13-14-34(41-8-2)36(42-39)24(30)4;/h9-19,25,33,35,41-42H,7-8,20-22,39H2,1-6H3;1H/t25-,33?,35-;/m1./s1. The van der Waals surface area contributed by atoms with Crippen molar-refractivity contribution in [2.75, 3.05) is 23.8 Å². The molecule has 44 heavy (non-hydrogen) atoms. The van der Waals surface area contributed by atoms with Crippen molar-refractivity contribution < 1.29 is 6.22 Å². The minimum absolute atomic E-state index is 0. The van der Waals surface area contributed by atoms with Crippen molar-refractivity contribution in [1.29, 1.82) is 0 Å². The molecule has 2 heterocycles. The number of nitrogens with one attached hydrogen (secondary N) is 2. The first-order valence-electron chi connectivity index (χ1n) is 16.1. The molecule has 0 bridgehead atoms. The second-order valence-corrected chi connectivity index (χ2v) is 13.3. The van der Waals surface area contributed by atoms with Gasteiger partial charge < -0.3 is 10.7 Å². The molecule has 6 rings (SSSR count). The third kappa shape index (κ3) is 5.62. The Balaban J connectivity index is 0.00000400. The molecule has 2 aromatic carbocycles. The fraction of sp³-hybridized carbons (Fsp3) is 0.395. The second-order valence-electron chi connectivity index (χ2n) is 13.3. The lowest BCUT2D eigenvalue weighted by Crippen LogP contribution is -2.33. The van der Waals surface area contributed by atoms with Crippen molar-refractivity contribution in [1.82, 2.24) is 9.88 Å². The second kappa shape index (κ2) is 12.0. The van der Waals surface area contributed by atoms with E-state index in [9.17, 15) is 4.79 Å². The summed E-state index contributed by atoms with van der Waals surface area (Å²) in [7, 11) is 0. The first kappa shape index (κ1) is 30.3. The molecule has 0 amide bonds. The van der Waals surface area contributed by atoms with Gasteiger partial charge in [-0.15, -0.1) is 0 Å². The Morgan fingerprint density at radius 3 is 2.68 bits per heavy atom. The van der Waals surface area contributed by atoms with Crippen LogP contribution in [0.25, 0.3) is 0 Å². The predicted octanol–water partition coefficient (Wildman–Crippen LogP) is 7.60. The van der Waals surface area contributed by atoms with Gasteiger partial charge in [-0.25, -0.2) is 0 Å². The quantitative estimate of drug-likeness (QED) is 0.121. The lowest BCUT2D eigenvalue weighted by Gasteiger charge is -2.36. The van der Waals surface area contributed by atoms with Crippen LogP contribution >= 0.6 is 0 Å². The van der Waals surface area contributed by atoms with E-state index in [0.29, 0.717) is 11.8 Å². The summed E-state index contributed by atoms with van der Waals surface area (Å²) < 4.78 is 0. The summed E-state index contributed by atoms with van der Waals surface area (Å²) in [6.45, 7) is 16.4. The zero-order valence-corrected chi connectivity index (χ0v) is 27.0. The van der Waals surface area contributed by atoms with Crippen LogP contribution in [-0.4, -0.2) is 28.8 Å². The third-order valence-electron chi connectivity index (χ3n) is 10.1. The number of benzene rings is 2. The average Bonchev–Trinajstić information content (AvgIpc) is 3.93. The maximum Gasteiger partial charge on any atom is 0.165 e. The van der Waals surface area contributed by atoms with E-state index in [2.05, 4.69) is 111 Å². The molecule has 0 saturated heterocycles. The number of ketones is 1. The van der Waals surface area contributed by atoms with Crippen LogP contribution < -0.4 is 16.6 Å². The first-order valence-corrected chi connectivity index (χ1v) is 16.1. The number of nitrogens with zero attached hydrogens (tertiary/aromatic N) is 2. The van der Waals surface area contributed by atoms with Crippen molar-refractivity contribution in [3.63, 3.8) is 0 Å². The van der Waals surface area contributed by atoms with Crippen LogP contribution in [0.2, 0.25) is 0 Å². The number of carbonyl (C=O) groups excluding carboxylic acids is 1. The summed E-state index contributed by atoms with van der Waals surface area (Å²) in [5.41, 5.74) is 15.1. The van der Waals surface area contributed by atoms with Crippen LogP contribution in [0.15, 0.2) is 72.1 Å². The van der Waals surface area contributed by atoms with Gasteiger partial charge in [0.2, 0.25) is 0 Å². The van der Waals surface area contributed by atoms with Gasteiger partial charge in [-0.3, -0.25) is 20.5 Å². The maximum absolute atomic E-state index is 13.8. The molecule has 1 radical (unpaired) electrons. The molecule has 6 nitrogen and oxygen atoms in total. The minimum Gasteiger partial charge on any atom is -0.384 e. The lowest BCUT2D eigenvalue weighted by atomic mass is 9.67. The Labute approximate surface area is 264 Å². The molecule has 0 saturated carbocycles. The van der Waals surface area contributed by atoms with Gasteiger partial charge in [0.15, 0.2) is 5.78 Å². The lowest BCUT2D eigenvalue weighted by molar-refractivity contribution is -0.123. The molecule has 6 heteroatoms. The minimum atomic E-state index is -0.673. The van der Waals surface area contributed by atoms with Gasteiger partial charge in [0.05, 0.1) is 11.4 Å². The predicted molar refractivity (Wildman–Crippen MR) is 182 cm³/mol. The highest BCUT2D eigenvalue weighted by atomic mass is 16.1. The van der Waals surface area contributed by atoms with Crippen molar-refractivity contribution in [2.24, 2.45) is 17.2 Å². The molecule has 4 N–H and O–H groups in total. The topological polar surface area (TPSA) is 83.3 Å². The molecular weight excluding hydrogens is 542 g/mol. The highest BCUT2D eigenvalue weighted by Gasteiger charge is 2.43. The molecule has 1 aliphatic heterocycles. The Kier molecular flexibility index (Phi) is 8.25. The number of nitrogens with two attached hydrogens (primary N) is 1. The van der Waals surface area contributed by atoms with E-state index < -0.39 is 5.41 Å². The number of carbonyl (C=O) groups is 1. The van der Waals surface area contributed by atoms with Crippen molar-refractivity contribution >= 4 is 17.2 Å². The van der Waals surface area contributed by atoms with Crippen LogP contribution in [0, 0.1) is 31.6 Å². The van der Waals surface area contributed by atoms with E-state index in [0.717, 1.165) is 66.2 Å². The van der Waals surface area contributed by atoms with Crippen LogP contribution in [0.4, 0.5) is 11.4 Å². The largest absolute Gasteiger partial charge is 0.384 e. The van der Waals surface area contributed by atoms with Gasteiger partial charge in [0.1, 0.15) is 0 Å². The van der Waals surface area contributed by atoms with Crippen molar-refractivity contribution in [3.05, 3.63) is 117 Å². The summed E-state index contributed by atoms with van der Waals surface area (Å²) in [6, 6.07) is 13.3. The van der Waals surface area contributed by atoms with E-state index in [1.54, 1.807) is 5.57 Å². The number of fused-ring (bicyclic) bond motifs is 3.